The molecule has 0 aliphatic heterocycles. The van der Waals surface area contributed by atoms with E-state index in [1.165, 1.54) is 78.7 Å². The molecule has 0 rings (SSSR count). The van der Waals surface area contributed by atoms with Gasteiger partial charge in [-0.25, -0.2) is 0 Å². The zero-order valence-corrected chi connectivity index (χ0v) is 19.3. The molecule has 0 radical (unpaired) electrons. The van der Waals surface area contributed by atoms with E-state index in [9.17, 15) is 9.79 Å². The van der Waals surface area contributed by atoms with Crippen molar-refractivity contribution in [2.75, 3.05) is 27.4 Å². The Morgan fingerprint density at radius 2 is 1.33 bits per heavy atom. The van der Waals surface area contributed by atoms with Gasteiger partial charge in [0, 0.05) is 6.54 Å². The third-order valence-electron chi connectivity index (χ3n) is 4.69. The van der Waals surface area contributed by atoms with Crippen molar-refractivity contribution >= 4 is 13.7 Å². The predicted molar refractivity (Wildman–Crippen MR) is 117 cm³/mol. The molecular weight excluding hydrogens is 365 g/mol. The van der Waals surface area contributed by atoms with Crippen LogP contribution >= 0.6 is 7.72 Å². The van der Waals surface area contributed by atoms with Crippen molar-refractivity contribution in [2.24, 2.45) is 5.73 Å². The van der Waals surface area contributed by atoms with E-state index >= 15 is 0 Å². The summed E-state index contributed by atoms with van der Waals surface area (Å²) in [5, 5.41) is 9.82. The third kappa shape index (κ3) is 15.2. The molecule has 0 heterocycles. The number of guanidine groups is 1. The quantitative estimate of drug-likeness (QED) is 0.0915. The maximum absolute atomic E-state index is 9.37. The minimum atomic E-state index is -3.38. The van der Waals surface area contributed by atoms with Gasteiger partial charge >= 0.3 is 66.7 Å². The second kappa shape index (κ2) is 17.6. The summed E-state index contributed by atoms with van der Waals surface area (Å²) in [5.41, 5.74) is 4.00. The van der Waals surface area contributed by atoms with Crippen LogP contribution in [0.25, 0.3) is 0 Å². The van der Waals surface area contributed by atoms with Gasteiger partial charge in [0.1, 0.15) is 0 Å². The van der Waals surface area contributed by atoms with Gasteiger partial charge in [0.2, 0.25) is 0 Å². The Balaban J connectivity index is 0. The van der Waals surface area contributed by atoms with Gasteiger partial charge in [-0.1, -0.05) is 64.7 Å². The number of nitrogens with one attached hydrogen (secondary N) is 2. The molecule has 0 unspecified atom stereocenters. The van der Waals surface area contributed by atoms with Crippen LogP contribution in [0.15, 0.2) is 0 Å². The molecule has 0 aliphatic rings. The molecule has 0 aromatic heterocycles. The number of nitrogens with two attached hydrogens (primary N) is 1. The molecule has 0 atom stereocenters. The van der Waals surface area contributed by atoms with Gasteiger partial charge in [0.15, 0.2) is 5.96 Å². The van der Waals surface area contributed by atoms with Crippen LogP contribution < -0.4 is 11.1 Å². The molecule has 0 spiro atoms. The minimum absolute atomic E-state index is 0.0934. The number of hydrogen-bond donors (Lipinski definition) is 5. The Labute approximate surface area is 167 Å². The first-order valence-electron chi connectivity index (χ1n) is 10.3. The molecule has 8 heteroatoms. The predicted octanol–water partition coefficient (Wildman–Crippen LogP) is 3.93. The molecule has 0 saturated heterocycles. The SMILES string of the molecule is CCC(OC)(OC)[PH](C)(O)O.CCCCCCCCCCCCNC(=N)N. The van der Waals surface area contributed by atoms with Crippen molar-refractivity contribution in [3.8, 4) is 0 Å². The molecular formula is C19H46N3O4P. The maximum atomic E-state index is 9.37. The van der Waals surface area contributed by atoms with Crippen LogP contribution in [-0.4, -0.2) is 48.7 Å². The van der Waals surface area contributed by atoms with E-state index in [0.29, 0.717) is 6.42 Å². The summed E-state index contributed by atoms with van der Waals surface area (Å²) >= 11 is 0. The average Bonchev–Trinajstić information content (AvgIpc) is 2.61. The van der Waals surface area contributed by atoms with Crippen molar-refractivity contribution in [3.05, 3.63) is 0 Å². The molecule has 6 N–H and O–H groups in total. The number of methoxy groups -OCH3 is 2. The van der Waals surface area contributed by atoms with E-state index in [0.717, 1.165) is 13.0 Å². The van der Waals surface area contributed by atoms with Gasteiger partial charge < -0.3 is 11.1 Å². The van der Waals surface area contributed by atoms with Crippen molar-refractivity contribution in [3.63, 3.8) is 0 Å². The van der Waals surface area contributed by atoms with E-state index in [1.54, 1.807) is 6.92 Å². The molecule has 0 aliphatic carbocycles. The molecule has 0 aromatic rings. The maximum Gasteiger partial charge on any atom is 0.185 e. The Hall–Kier alpha value is -0.460. The molecule has 27 heavy (non-hydrogen) atoms. The van der Waals surface area contributed by atoms with Crippen LogP contribution in [0.2, 0.25) is 0 Å². The van der Waals surface area contributed by atoms with Crippen LogP contribution in [0, 0.1) is 5.41 Å². The summed E-state index contributed by atoms with van der Waals surface area (Å²) in [5.74, 6) is 0.0934. The number of hydrogen-bond acceptors (Lipinski definition) is 5. The van der Waals surface area contributed by atoms with Gasteiger partial charge in [0.05, 0.1) is 0 Å². The van der Waals surface area contributed by atoms with Crippen molar-refractivity contribution in [1.82, 2.24) is 5.32 Å². The number of rotatable bonds is 15. The molecule has 0 aromatic carbocycles. The number of ether oxygens (including phenoxy) is 2. The summed E-state index contributed by atoms with van der Waals surface area (Å²) in [6, 6.07) is 0. The van der Waals surface area contributed by atoms with E-state index < -0.39 is 13.2 Å². The van der Waals surface area contributed by atoms with Crippen LogP contribution in [0.1, 0.15) is 84.5 Å². The van der Waals surface area contributed by atoms with E-state index in [-0.39, 0.29) is 5.96 Å². The number of unbranched alkanes of at least 4 members (excludes halogenated alkanes) is 9. The summed E-state index contributed by atoms with van der Waals surface area (Å²) in [7, 11) is -0.567. The Morgan fingerprint density at radius 1 is 0.926 bits per heavy atom. The first-order chi connectivity index (χ1) is 12.7. The van der Waals surface area contributed by atoms with Crippen molar-refractivity contribution in [2.45, 2.75) is 90.0 Å². The zero-order chi connectivity index (χ0) is 21.2. The fourth-order valence-corrected chi connectivity index (χ4v) is 4.37. The van der Waals surface area contributed by atoms with Crippen LogP contribution in [0.3, 0.4) is 0 Å². The topological polar surface area (TPSA) is 121 Å². The van der Waals surface area contributed by atoms with Gasteiger partial charge in [-0.05, 0) is 6.42 Å². The Bertz CT molecular complexity index is 340. The molecule has 0 amide bonds. The minimum Gasteiger partial charge on any atom is -0.370 e. The van der Waals surface area contributed by atoms with Gasteiger partial charge in [-0.2, -0.15) is 0 Å². The molecule has 0 saturated carbocycles. The van der Waals surface area contributed by atoms with Crippen LogP contribution in [-0.2, 0) is 9.47 Å². The molecule has 0 fully saturated rings. The van der Waals surface area contributed by atoms with E-state index in [4.69, 9.17) is 20.6 Å². The standard InChI is InChI=1S/C13H29N3.C6H17O4P/c1-2-3-4-5-6-7-8-9-10-11-12-16-13(14)15;1-5-6(9-2,10-3)11(4,7)8/h2-12H2,1H3,(H4,14,15,16);7-8,11H,5H2,1-4H3. The monoisotopic (exact) mass is 411 g/mol. The first-order valence-corrected chi connectivity index (χ1v) is 12.7. The Morgan fingerprint density at radius 3 is 1.59 bits per heavy atom. The van der Waals surface area contributed by atoms with Gasteiger partial charge in [0.25, 0.3) is 0 Å². The van der Waals surface area contributed by atoms with E-state index in [2.05, 4.69) is 12.2 Å². The zero-order valence-electron chi connectivity index (χ0n) is 18.3. The summed E-state index contributed by atoms with van der Waals surface area (Å²) in [6.07, 6.45) is 13.9. The second-order valence-electron chi connectivity index (χ2n) is 7.06. The largest absolute Gasteiger partial charge is 0.370 e. The third-order valence-corrected chi connectivity index (χ3v) is 6.90. The summed E-state index contributed by atoms with van der Waals surface area (Å²) in [4.78, 5) is 18.7. The fraction of sp³-hybridized carbons (Fsp3) is 0.947. The van der Waals surface area contributed by atoms with Crippen molar-refractivity contribution in [1.29, 1.82) is 5.41 Å². The van der Waals surface area contributed by atoms with Crippen LogP contribution in [0.4, 0.5) is 0 Å². The van der Waals surface area contributed by atoms with Crippen molar-refractivity contribution < 1.29 is 19.3 Å². The van der Waals surface area contributed by atoms with E-state index in [1.807, 2.05) is 0 Å². The Kier molecular flexibility index (Phi) is 18.8. The fourth-order valence-electron chi connectivity index (χ4n) is 2.93. The first kappa shape index (κ1) is 28.7. The molecule has 0 bridgehead atoms. The van der Waals surface area contributed by atoms with Gasteiger partial charge in [-0.3, -0.25) is 5.41 Å². The smallest absolute Gasteiger partial charge is 0.185 e. The summed E-state index contributed by atoms with van der Waals surface area (Å²) < 4.78 is 9.88. The average molecular weight is 412 g/mol. The second-order valence-corrected chi connectivity index (χ2v) is 9.86. The summed E-state index contributed by atoms with van der Waals surface area (Å²) in [6.45, 7) is 6.26. The van der Waals surface area contributed by atoms with Crippen LogP contribution in [0.5, 0.6) is 0 Å². The van der Waals surface area contributed by atoms with Gasteiger partial charge in [-0.15, -0.1) is 0 Å². The molecule has 166 valence electrons. The normalized spacial score (nSPS) is 12.3. The molecule has 7 nitrogen and oxygen atoms in total.